The lowest BCUT2D eigenvalue weighted by atomic mass is 10.0. The van der Waals surface area contributed by atoms with E-state index in [2.05, 4.69) is 6.92 Å². The topological polar surface area (TPSA) is 47.9 Å². The van der Waals surface area contributed by atoms with Crippen LogP contribution in [0.4, 0.5) is 0 Å². The second-order valence-electron chi connectivity index (χ2n) is 5.56. The first-order valence-corrected chi connectivity index (χ1v) is 11.2. The lowest BCUT2D eigenvalue weighted by Crippen LogP contribution is -2.07. The lowest BCUT2D eigenvalue weighted by molar-refractivity contribution is 0.302. The summed E-state index contributed by atoms with van der Waals surface area (Å²) in [6.45, 7) is 13.7. The van der Waals surface area contributed by atoms with E-state index in [-0.39, 0.29) is 11.0 Å². The summed E-state index contributed by atoms with van der Waals surface area (Å²) in [7, 11) is 0. The van der Waals surface area contributed by atoms with Crippen molar-refractivity contribution in [3.05, 3.63) is 47.5 Å². The van der Waals surface area contributed by atoms with Crippen LogP contribution in [0.5, 0.6) is 23.0 Å². The highest BCUT2D eigenvalue weighted by Gasteiger charge is 2.25. The molecule has 2 rings (SSSR count). The summed E-state index contributed by atoms with van der Waals surface area (Å²) in [4.78, 5) is 0. The normalized spacial score (nSPS) is 11.2. The number of benzene rings is 2. The maximum atomic E-state index is 9.94. The van der Waals surface area contributed by atoms with Gasteiger partial charge >= 0.3 is 0 Å². The molecular formula is C23H34O4S. The van der Waals surface area contributed by atoms with Crippen LogP contribution >= 0.6 is 11.8 Å². The van der Waals surface area contributed by atoms with Crippen molar-refractivity contribution in [3.8, 4) is 23.0 Å². The predicted octanol–water partition coefficient (Wildman–Crippen LogP) is 6.46. The molecule has 0 aromatic heterocycles. The van der Waals surface area contributed by atoms with Crippen molar-refractivity contribution in [2.24, 2.45) is 0 Å². The molecule has 1 N–H and O–H groups in total. The molecule has 1 atom stereocenters. The van der Waals surface area contributed by atoms with Gasteiger partial charge in [0, 0.05) is 12.1 Å². The van der Waals surface area contributed by atoms with Crippen LogP contribution in [0.2, 0.25) is 0 Å². The summed E-state index contributed by atoms with van der Waals surface area (Å²) in [5.74, 6) is 3.43. The van der Waals surface area contributed by atoms with Gasteiger partial charge in [-0.25, -0.2) is 0 Å². The van der Waals surface area contributed by atoms with Crippen molar-refractivity contribution >= 4 is 11.8 Å². The molecule has 1 unspecified atom stereocenters. The van der Waals surface area contributed by atoms with Crippen molar-refractivity contribution in [1.82, 2.24) is 0 Å². The van der Waals surface area contributed by atoms with E-state index in [0.717, 1.165) is 34.1 Å². The third-order valence-electron chi connectivity index (χ3n) is 3.76. The number of hydrogen-bond acceptors (Lipinski definition) is 5. The van der Waals surface area contributed by atoms with Crippen LogP contribution in [0.25, 0.3) is 0 Å². The van der Waals surface area contributed by atoms with Crippen molar-refractivity contribution in [3.63, 3.8) is 0 Å². The Hall–Kier alpha value is -2.01. The number of ether oxygens (including phenoxy) is 3. The average Bonchev–Trinajstić information content (AvgIpc) is 2.69. The summed E-state index contributed by atoms with van der Waals surface area (Å²) >= 11 is 1.78. The quantitative estimate of drug-likeness (QED) is 0.491. The highest BCUT2D eigenvalue weighted by Crippen LogP contribution is 2.47. The van der Waals surface area contributed by atoms with Crippen LogP contribution < -0.4 is 14.2 Å². The van der Waals surface area contributed by atoms with Gasteiger partial charge in [-0.1, -0.05) is 32.9 Å². The van der Waals surface area contributed by atoms with E-state index in [1.807, 2.05) is 58.9 Å². The number of hydrogen-bond donors (Lipinski definition) is 1. The van der Waals surface area contributed by atoms with E-state index < -0.39 is 0 Å². The predicted molar refractivity (Wildman–Crippen MR) is 119 cm³/mol. The molecule has 0 heterocycles. The van der Waals surface area contributed by atoms with Gasteiger partial charge < -0.3 is 19.3 Å². The van der Waals surface area contributed by atoms with Gasteiger partial charge in [0.1, 0.15) is 23.0 Å². The molecule has 0 aliphatic rings. The van der Waals surface area contributed by atoms with Crippen molar-refractivity contribution < 1.29 is 19.3 Å². The Labute approximate surface area is 174 Å². The Bertz CT molecular complexity index is 676. The maximum absolute atomic E-state index is 9.94. The summed E-state index contributed by atoms with van der Waals surface area (Å²) in [5, 5.41) is 9.94. The summed E-state index contributed by atoms with van der Waals surface area (Å²) in [6, 6.07) is 11.2. The van der Waals surface area contributed by atoms with Crippen LogP contribution in [0, 0.1) is 0 Å². The van der Waals surface area contributed by atoms with Gasteiger partial charge in [-0.05, 0) is 44.2 Å². The maximum Gasteiger partial charge on any atom is 0.131 e. The van der Waals surface area contributed by atoms with Crippen molar-refractivity contribution in [1.29, 1.82) is 0 Å². The van der Waals surface area contributed by atoms with E-state index in [0.29, 0.717) is 19.8 Å². The molecule has 0 aliphatic carbocycles. The highest BCUT2D eigenvalue weighted by molar-refractivity contribution is 7.99. The molecule has 5 heteroatoms. The fraction of sp³-hybridized carbons (Fsp3) is 0.478. The molecule has 0 bridgehead atoms. The second-order valence-corrected chi connectivity index (χ2v) is 6.94. The number of aromatic hydroxyl groups is 1. The van der Waals surface area contributed by atoms with Crippen LogP contribution in [-0.2, 0) is 0 Å². The first-order chi connectivity index (χ1) is 13.6. The Balaban J connectivity index is 0.00000190. The summed E-state index contributed by atoms with van der Waals surface area (Å²) < 4.78 is 17.6. The van der Waals surface area contributed by atoms with Crippen molar-refractivity contribution in [2.75, 3.05) is 25.6 Å². The molecule has 28 heavy (non-hydrogen) atoms. The molecular weight excluding hydrogens is 372 g/mol. The van der Waals surface area contributed by atoms with E-state index in [1.165, 1.54) is 0 Å². The minimum Gasteiger partial charge on any atom is -0.508 e. The number of phenolic OH excluding ortho intramolecular Hbond substituents is 1. The van der Waals surface area contributed by atoms with Gasteiger partial charge in [0.05, 0.1) is 30.6 Å². The van der Waals surface area contributed by atoms with E-state index in [4.69, 9.17) is 14.2 Å². The average molecular weight is 407 g/mol. The largest absolute Gasteiger partial charge is 0.508 e. The standard InChI is InChI=1S/C21H28O4S.C2H6/c1-5-23-17-13-18(24-6-2)20(19(14-17)25-7-3)21(26-8-4)15-10-9-11-16(22)12-15;1-2/h9-14,21-22H,5-8H2,1-4H3;1-2H3. The molecule has 2 aromatic carbocycles. The zero-order chi connectivity index (χ0) is 20.9. The van der Waals surface area contributed by atoms with Crippen LogP contribution in [-0.4, -0.2) is 30.7 Å². The van der Waals surface area contributed by atoms with Gasteiger partial charge in [-0.2, -0.15) is 0 Å². The van der Waals surface area contributed by atoms with Gasteiger partial charge in [0.2, 0.25) is 0 Å². The Morgan fingerprint density at radius 3 is 1.89 bits per heavy atom. The fourth-order valence-corrected chi connectivity index (χ4v) is 3.91. The molecule has 0 aliphatic heterocycles. The van der Waals surface area contributed by atoms with E-state index >= 15 is 0 Å². The molecule has 0 saturated heterocycles. The van der Waals surface area contributed by atoms with Crippen molar-refractivity contribution in [2.45, 2.75) is 46.8 Å². The second kappa shape index (κ2) is 13.2. The number of thioether (sulfide) groups is 1. The minimum absolute atomic E-state index is 0.00845. The Morgan fingerprint density at radius 1 is 0.857 bits per heavy atom. The molecule has 0 fully saturated rings. The third kappa shape index (κ3) is 6.55. The summed E-state index contributed by atoms with van der Waals surface area (Å²) in [5.41, 5.74) is 2.00. The first kappa shape index (κ1) is 24.0. The zero-order valence-corrected chi connectivity index (χ0v) is 18.8. The van der Waals surface area contributed by atoms with Crippen LogP contribution in [0.1, 0.15) is 57.9 Å². The summed E-state index contributed by atoms with van der Waals surface area (Å²) in [6.07, 6.45) is 0. The zero-order valence-electron chi connectivity index (χ0n) is 18.0. The molecule has 0 saturated carbocycles. The number of rotatable bonds is 10. The minimum atomic E-state index is -0.00845. The molecule has 156 valence electrons. The smallest absolute Gasteiger partial charge is 0.131 e. The Morgan fingerprint density at radius 2 is 1.43 bits per heavy atom. The first-order valence-electron chi connectivity index (χ1n) is 10.1. The SMILES string of the molecule is CC.CCOc1cc(OCC)c(C(SCC)c2cccc(O)c2)c(OCC)c1. The fourth-order valence-electron chi connectivity index (χ4n) is 2.84. The highest BCUT2D eigenvalue weighted by atomic mass is 32.2. The molecule has 0 amide bonds. The molecule has 4 nitrogen and oxygen atoms in total. The molecule has 2 aromatic rings. The lowest BCUT2D eigenvalue weighted by Gasteiger charge is -2.24. The van der Waals surface area contributed by atoms with Crippen LogP contribution in [0.3, 0.4) is 0 Å². The molecule has 0 radical (unpaired) electrons. The van der Waals surface area contributed by atoms with Crippen LogP contribution in [0.15, 0.2) is 36.4 Å². The van der Waals surface area contributed by atoms with Gasteiger partial charge in [-0.3, -0.25) is 0 Å². The Kier molecular flexibility index (Phi) is 11.3. The molecule has 0 spiro atoms. The van der Waals surface area contributed by atoms with Gasteiger partial charge in [0.25, 0.3) is 0 Å². The van der Waals surface area contributed by atoms with Gasteiger partial charge in [-0.15, -0.1) is 11.8 Å². The van der Waals surface area contributed by atoms with E-state index in [9.17, 15) is 5.11 Å². The van der Waals surface area contributed by atoms with Gasteiger partial charge in [0.15, 0.2) is 0 Å². The number of phenols is 1. The van der Waals surface area contributed by atoms with E-state index in [1.54, 1.807) is 23.9 Å². The third-order valence-corrected chi connectivity index (χ3v) is 4.93. The monoisotopic (exact) mass is 406 g/mol.